The van der Waals surface area contributed by atoms with E-state index in [9.17, 15) is 9.90 Å². The maximum atomic E-state index is 13.1. The van der Waals surface area contributed by atoms with Crippen LogP contribution in [-0.4, -0.2) is 23.2 Å². The first-order valence-corrected chi connectivity index (χ1v) is 17.2. The topological polar surface area (TPSA) is 37.3 Å². The van der Waals surface area contributed by atoms with Crippen molar-refractivity contribution in [1.82, 2.24) is 0 Å². The Hall–Kier alpha value is -2.58. The van der Waals surface area contributed by atoms with Gasteiger partial charge in [0.1, 0.15) is 0 Å². The molecule has 0 heterocycles. The summed E-state index contributed by atoms with van der Waals surface area (Å²) in [7, 11) is 0. The van der Waals surface area contributed by atoms with Gasteiger partial charge in [0.2, 0.25) is 0 Å². The molecule has 0 bridgehead atoms. The first kappa shape index (κ1) is 27.5. The van der Waals surface area contributed by atoms with Crippen molar-refractivity contribution in [3.63, 3.8) is 0 Å². The number of benzene rings is 3. The number of ketones is 1. The zero-order valence-electron chi connectivity index (χ0n) is 22.1. The molecule has 4 rings (SSSR count). The Morgan fingerprint density at radius 2 is 1.51 bits per heavy atom. The van der Waals surface area contributed by atoms with E-state index >= 15 is 0 Å². The molecular formula is C33H36BrO2P. The number of aliphatic hydroxyl groups excluding tert-OH is 1. The molecule has 0 radical (unpaired) electrons. The molecule has 1 N–H and O–H groups in total. The van der Waals surface area contributed by atoms with Crippen molar-refractivity contribution in [1.29, 1.82) is 0 Å². The van der Waals surface area contributed by atoms with Crippen LogP contribution >= 0.6 is 20.8 Å². The molecule has 0 amide bonds. The number of carbonyl (C=O) groups excluding carboxylic acids is 1. The van der Waals surface area contributed by atoms with Crippen LogP contribution in [0.4, 0.5) is 0 Å². The van der Waals surface area contributed by atoms with Gasteiger partial charge in [-0.05, 0) is 0 Å². The van der Waals surface area contributed by atoms with Gasteiger partial charge >= 0.3 is 230 Å². The van der Waals surface area contributed by atoms with Crippen LogP contribution in [0.25, 0.3) is 5.57 Å². The Bertz CT molecular complexity index is 1350. The van der Waals surface area contributed by atoms with Gasteiger partial charge in [0.15, 0.2) is 0 Å². The van der Waals surface area contributed by atoms with E-state index in [0.717, 1.165) is 22.9 Å². The molecule has 0 saturated heterocycles. The van der Waals surface area contributed by atoms with E-state index in [0.29, 0.717) is 12.0 Å². The van der Waals surface area contributed by atoms with Gasteiger partial charge in [-0.25, -0.2) is 0 Å². The Labute approximate surface area is 229 Å². The van der Waals surface area contributed by atoms with Gasteiger partial charge in [0.25, 0.3) is 0 Å². The van der Waals surface area contributed by atoms with E-state index in [-0.39, 0.29) is 11.2 Å². The van der Waals surface area contributed by atoms with E-state index in [1.165, 1.54) is 15.9 Å². The fourth-order valence-corrected chi connectivity index (χ4v) is 13.4. The molecule has 0 fully saturated rings. The number of carbonyl (C=O) groups is 1. The average Bonchev–Trinajstić information content (AvgIpc) is 2.91. The fourth-order valence-electron chi connectivity index (χ4n) is 5.83. The zero-order chi connectivity index (χ0) is 26.9. The second-order valence-corrected chi connectivity index (χ2v) is 19.6. The first-order chi connectivity index (χ1) is 17.5. The second-order valence-electron chi connectivity index (χ2n) is 10.7. The van der Waals surface area contributed by atoms with Crippen LogP contribution in [0.3, 0.4) is 0 Å². The maximum absolute atomic E-state index is 13.1. The standard InChI is InChI=1S/C33H36BrO2P/c1-6-24(2)21-22-37(34,26-15-9-7-10-16-26,27-17-11-8-12-18-27)30-20-14-13-19-28(30)31-25(3)32(36)29(35)23-33(31,4)5/h6-21,29,35H,1,22-23H2,2-5H3. The Kier molecular flexibility index (Phi) is 7.64. The van der Waals surface area contributed by atoms with E-state index in [1.54, 1.807) is 0 Å². The first-order valence-electron chi connectivity index (χ1n) is 12.7. The van der Waals surface area contributed by atoms with Crippen LogP contribution in [-0.2, 0) is 4.79 Å². The van der Waals surface area contributed by atoms with Gasteiger partial charge in [-0.1, -0.05) is 0 Å². The van der Waals surface area contributed by atoms with Crippen molar-refractivity contribution in [2.75, 3.05) is 6.16 Å². The number of Topliss-reactive ketones (excluding diaryl/α,β-unsaturated/α-hetero) is 1. The third kappa shape index (κ3) is 4.63. The molecule has 0 aliphatic heterocycles. The molecule has 3 aromatic rings. The number of hydrogen-bond donors (Lipinski definition) is 1. The summed E-state index contributed by atoms with van der Waals surface area (Å²) in [5.74, 6) is -0.180. The Balaban J connectivity index is 2.20. The van der Waals surface area contributed by atoms with Crippen LogP contribution in [0.1, 0.15) is 39.7 Å². The fraction of sp³-hybridized carbons (Fsp3) is 0.242. The number of aliphatic hydroxyl groups is 1. The monoisotopic (exact) mass is 574 g/mol. The third-order valence-electron chi connectivity index (χ3n) is 7.77. The van der Waals surface area contributed by atoms with Crippen LogP contribution in [0, 0.1) is 5.41 Å². The molecule has 3 aromatic carbocycles. The van der Waals surface area contributed by atoms with E-state index in [2.05, 4.69) is 134 Å². The van der Waals surface area contributed by atoms with E-state index < -0.39 is 11.4 Å². The quantitative estimate of drug-likeness (QED) is 0.241. The molecule has 2 nitrogen and oxygen atoms in total. The minimum absolute atomic E-state index is 0.180. The SMILES string of the molecule is C=CC(C)=CCP(Br)(c1ccccc1)(c1ccccc1)c1ccccc1C1=C(C)C(=O)C(O)CC1(C)C. The molecule has 1 unspecified atom stereocenters. The van der Waals surface area contributed by atoms with Crippen LogP contribution in [0.2, 0.25) is 0 Å². The number of rotatable bonds is 7. The minimum atomic E-state index is -3.31. The van der Waals surface area contributed by atoms with Crippen LogP contribution < -0.4 is 15.9 Å². The molecule has 192 valence electrons. The van der Waals surface area contributed by atoms with Gasteiger partial charge in [0, 0.05) is 0 Å². The van der Waals surface area contributed by atoms with Crippen LogP contribution in [0.15, 0.2) is 115 Å². The van der Waals surface area contributed by atoms with E-state index in [1.807, 2.05) is 13.0 Å². The third-order valence-corrected chi connectivity index (χ3v) is 17.3. The van der Waals surface area contributed by atoms with Gasteiger partial charge in [-0.3, -0.25) is 0 Å². The summed E-state index contributed by atoms with van der Waals surface area (Å²) in [5.41, 5.74) is 3.47. The summed E-state index contributed by atoms with van der Waals surface area (Å²) >= 11 is 4.57. The van der Waals surface area contributed by atoms with Crippen LogP contribution in [0.5, 0.6) is 0 Å². The predicted molar refractivity (Wildman–Crippen MR) is 165 cm³/mol. The molecule has 4 heteroatoms. The van der Waals surface area contributed by atoms with Gasteiger partial charge in [0.05, 0.1) is 0 Å². The van der Waals surface area contributed by atoms with Crippen molar-refractivity contribution >= 4 is 48.1 Å². The molecule has 1 aliphatic rings. The van der Waals surface area contributed by atoms with Crippen molar-refractivity contribution < 1.29 is 9.90 Å². The van der Waals surface area contributed by atoms with Crippen molar-refractivity contribution in [2.45, 2.75) is 40.2 Å². The molecule has 1 aliphatic carbocycles. The number of halogens is 1. The Morgan fingerprint density at radius 3 is 2.05 bits per heavy atom. The average molecular weight is 576 g/mol. The summed E-state index contributed by atoms with van der Waals surface area (Å²) < 4.78 is 0. The van der Waals surface area contributed by atoms with Crippen molar-refractivity contribution in [3.05, 3.63) is 120 Å². The van der Waals surface area contributed by atoms with Gasteiger partial charge in [-0.2, -0.15) is 0 Å². The van der Waals surface area contributed by atoms with Gasteiger partial charge in [-0.15, -0.1) is 0 Å². The number of hydrogen-bond acceptors (Lipinski definition) is 2. The van der Waals surface area contributed by atoms with E-state index in [4.69, 9.17) is 0 Å². The summed E-state index contributed by atoms with van der Waals surface area (Å²) in [6, 6.07) is 29.9. The normalized spacial score (nSPS) is 19.3. The molecule has 0 saturated carbocycles. The van der Waals surface area contributed by atoms with Crippen molar-refractivity contribution in [3.8, 4) is 0 Å². The van der Waals surface area contributed by atoms with Gasteiger partial charge < -0.3 is 0 Å². The van der Waals surface area contributed by atoms with Crippen molar-refractivity contribution in [2.24, 2.45) is 5.41 Å². The molecule has 1 atom stereocenters. The predicted octanol–water partition coefficient (Wildman–Crippen LogP) is 7.09. The summed E-state index contributed by atoms with van der Waals surface area (Å²) in [5, 5.41) is 10.9. The Morgan fingerprint density at radius 1 is 1.00 bits per heavy atom. The molecule has 37 heavy (non-hydrogen) atoms. The zero-order valence-corrected chi connectivity index (χ0v) is 24.6. The molecular weight excluding hydrogens is 539 g/mol. The molecule has 0 aromatic heterocycles. The summed E-state index contributed by atoms with van der Waals surface area (Å²) in [4.78, 5) is 13.1. The molecule has 0 spiro atoms. The second kappa shape index (κ2) is 10.3. The summed E-state index contributed by atoms with van der Waals surface area (Å²) in [6.45, 7) is 12.2. The summed E-state index contributed by atoms with van der Waals surface area (Å²) in [6.07, 6.45) is 4.35. The number of allylic oxidation sites excluding steroid dienone is 4.